The summed E-state index contributed by atoms with van der Waals surface area (Å²) in [5, 5.41) is 1.25. The first-order valence-corrected chi connectivity index (χ1v) is 10.7. The number of amides is 1. The zero-order valence-electron chi connectivity index (χ0n) is 16.2. The first-order valence-electron chi connectivity index (χ1n) is 10.1. The Balaban J connectivity index is 1.55. The number of rotatable bonds is 3. The van der Waals surface area contributed by atoms with Crippen molar-refractivity contribution in [1.29, 1.82) is 0 Å². The van der Waals surface area contributed by atoms with E-state index >= 15 is 0 Å². The van der Waals surface area contributed by atoms with Crippen LogP contribution in [0, 0.1) is 0 Å². The van der Waals surface area contributed by atoms with E-state index in [1.807, 2.05) is 11.0 Å². The first-order chi connectivity index (χ1) is 14.3. The van der Waals surface area contributed by atoms with Gasteiger partial charge in [-0.3, -0.25) is 4.79 Å². The van der Waals surface area contributed by atoms with Crippen molar-refractivity contribution >= 4 is 34.1 Å². The molecule has 2 aliphatic rings. The lowest BCUT2D eigenvalue weighted by Crippen LogP contribution is -2.41. The average molecular weight is 410 g/mol. The summed E-state index contributed by atoms with van der Waals surface area (Å²) in [6.07, 6.45) is 0.838. The number of aromatic amines is 1. The number of anilines is 1. The molecule has 1 saturated heterocycles. The maximum atomic E-state index is 12.6. The van der Waals surface area contributed by atoms with Crippen molar-refractivity contribution in [2.24, 2.45) is 0 Å². The Morgan fingerprint density at radius 3 is 2.59 bits per heavy atom. The van der Waals surface area contributed by atoms with E-state index in [-0.39, 0.29) is 17.8 Å². The van der Waals surface area contributed by atoms with Gasteiger partial charge in [-0.15, -0.1) is 11.6 Å². The third-order valence-electron chi connectivity index (χ3n) is 6.05. The van der Waals surface area contributed by atoms with Gasteiger partial charge in [0, 0.05) is 41.9 Å². The summed E-state index contributed by atoms with van der Waals surface area (Å²) in [6.45, 7) is 4.02. The second kappa shape index (κ2) is 7.73. The Morgan fingerprint density at radius 1 is 1.07 bits per heavy atom. The minimum atomic E-state index is -0.142. The molecule has 0 spiro atoms. The monoisotopic (exact) mass is 409 g/mol. The lowest BCUT2D eigenvalue weighted by atomic mass is 9.92. The van der Waals surface area contributed by atoms with Crippen molar-refractivity contribution in [3.05, 3.63) is 65.4 Å². The quantitative estimate of drug-likeness (QED) is 0.671. The molecule has 1 aromatic heterocycles. The Labute approximate surface area is 175 Å². The summed E-state index contributed by atoms with van der Waals surface area (Å²) in [4.78, 5) is 20.5. The van der Waals surface area contributed by atoms with E-state index < -0.39 is 0 Å². The summed E-state index contributed by atoms with van der Waals surface area (Å²) in [5.41, 5.74) is 5.83. The third-order valence-corrected chi connectivity index (χ3v) is 6.28. The SMILES string of the molecule is O=C(CCl)N1CCc2c([nH]c3ccccc23)[C@H]1c1ccc(N2CCOCC2)cc1. The smallest absolute Gasteiger partial charge is 0.238 e. The number of halogens is 1. The van der Waals surface area contributed by atoms with Gasteiger partial charge in [-0.2, -0.15) is 0 Å². The Bertz CT molecular complexity index is 1020. The molecule has 3 heterocycles. The molecule has 0 bridgehead atoms. The number of H-pyrrole nitrogens is 1. The molecular formula is C23H24ClN3O2. The maximum absolute atomic E-state index is 12.6. The van der Waals surface area contributed by atoms with Crippen molar-refractivity contribution in [3.8, 4) is 0 Å². The Kier molecular flexibility index (Phi) is 4.94. The predicted molar refractivity (Wildman–Crippen MR) is 116 cm³/mol. The summed E-state index contributed by atoms with van der Waals surface area (Å²) < 4.78 is 5.46. The Hall–Kier alpha value is -2.50. The number of aromatic nitrogens is 1. The number of alkyl halides is 1. The van der Waals surface area contributed by atoms with Crippen molar-refractivity contribution in [2.75, 3.05) is 43.6 Å². The molecule has 150 valence electrons. The molecule has 2 aromatic carbocycles. The van der Waals surface area contributed by atoms with Crippen LogP contribution < -0.4 is 4.90 Å². The molecule has 0 unspecified atom stereocenters. The van der Waals surface area contributed by atoms with Crippen molar-refractivity contribution in [3.63, 3.8) is 0 Å². The lowest BCUT2D eigenvalue weighted by molar-refractivity contribution is -0.130. The van der Waals surface area contributed by atoms with E-state index in [4.69, 9.17) is 16.3 Å². The number of nitrogens with one attached hydrogen (secondary N) is 1. The number of benzene rings is 2. The number of carbonyl (C=O) groups is 1. The normalized spacial score (nSPS) is 19.4. The summed E-state index contributed by atoms with van der Waals surface area (Å²) in [6, 6.07) is 16.8. The molecule has 6 heteroatoms. The fourth-order valence-corrected chi connectivity index (χ4v) is 4.78. The van der Waals surface area contributed by atoms with E-state index in [2.05, 4.69) is 52.3 Å². The predicted octanol–water partition coefficient (Wildman–Crippen LogP) is 3.72. The van der Waals surface area contributed by atoms with Gasteiger partial charge in [0.25, 0.3) is 0 Å². The largest absolute Gasteiger partial charge is 0.378 e. The number of morpholine rings is 1. The number of hydrogen-bond donors (Lipinski definition) is 1. The van der Waals surface area contributed by atoms with E-state index in [9.17, 15) is 4.79 Å². The van der Waals surface area contributed by atoms with Gasteiger partial charge in [-0.05, 0) is 35.7 Å². The van der Waals surface area contributed by atoms with Crippen LogP contribution in [-0.4, -0.2) is 54.5 Å². The molecule has 3 aromatic rings. The zero-order chi connectivity index (χ0) is 19.8. The van der Waals surface area contributed by atoms with Crippen LogP contribution in [-0.2, 0) is 16.0 Å². The molecule has 0 radical (unpaired) electrons. The van der Waals surface area contributed by atoms with E-state index in [0.717, 1.165) is 49.5 Å². The number of fused-ring (bicyclic) bond motifs is 3. The second-order valence-electron chi connectivity index (χ2n) is 7.63. The molecule has 2 aliphatic heterocycles. The van der Waals surface area contributed by atoms with Gasteiger partial charge in [-0.25, -0.2) is 0 Å². The third kappa shape index (κ3) is 3.28. The Morgan fingerprint density at radius 2 is 1.83 bits per heavy atom. The molecule has 1 atom stereocenters. The number of nitrogens with zero attached hydrogens (tertiary/aromatic N) is 2. The van der Waals surface area contributed by atoms with E-state index in [1.54, 1.807) is 0 Å². The van der Waals surface area contributed by atoms with Crippen LogP contribution >= 0.6 is 11.6 Å². The molecule has 1 N–H and O–H groups in total. The second-order valence-corrected chi connectivity index (χ2v) is 7.89. The van der Waals surface area contributed by atoms with Gasteiger partial charge in [0.1, 0.15) is 5.88 Å². The standard InChI is InChI=1S/C23H24ClN3O2/c24-15-21(28)27-10-9-19-18-3-1-2-4-20(18)25-22(19)23(27)16-5-7-17(8-6-16)26-11-13-29-14-12-26/h1-8,23,25H,9-15H2/t23-/m1/s1. The maximum Gasteiger partial charge on any atom is 0.238 e. The van der Waals surface area contributed by atoms with Crippen LogP contribution in [0.3, 0.4) is 0 Å². The summed E-state index contributed by atoms with van der Waals surface area (Å²) >= 11 is 5.95. The van der Waals surface area contributed by atoms with Crippen LogP contribution in [0.4, 0.5) is 5.69 Å². The van der Waals surface area contributed by atoms with Gasteiger partial charge < -0.3 is 19.5 Å². The number of para-hydroxylation sites is 1. The minimum absolute atomic E-state index is 0.00206. The van der Waals surface area contributed by atoms with Gasteiger partial charge >= 0.3 is 0 Å². The number of ether oxygens (including phenoxy) is 1. The van der Waals surface area contributed by atoms with Crippen LogP contribution in [0.1, 0.15) is 22.9 Å². The summed E-state index contributed by atoms with van der Waals surface area (Å²) in [7, 11) is 0. The van der Waals surface area contributed by atoms with Gasteiger partial charge in [0.05, 0.1) is 19.3 Å². The van der Waals surface area contributed by atoms with Crippen LogP contribution in [0.25, 0.3) is 10.9 Å². The van der Waals surface area contributed by atoms with E-state index in [1.165, 1.54) is 16.6 Å². The van der Waals surface area contributed by atoms with Crippen molar-refractivity contribution in [1.82, 2.24) is 9.88 Å². The van der Waals surface area contributed by atoms with Crippen LogP contribution in [0.2, 0.25) is 0 Å². The van der Waals surface area contributed by atoms with Gasteiger partial charge in [0.15, 0.2) is 0 Å². The van der Waals surface area contributed by atoms with E-state index in [0.29, 0.717) is 6.54 Å². The number of carbonyl (C=O) groups excluding carboxylic acids is 1. The zero-order valence-corrected chi connectivity index (χ0v) is 17.0. The van der Waals surface area contributed by atoms with Crippen LogP contribution in [0.5, 0.6) is 0 Å². The van der Waals surface area contributed by atoms with Gasteiger partial charge in [-0.1, -0.05) is 30.3 Å². The average Bonchev–Trinajstić information content (AvgIpc) is 3.17. The molecule has 0 saturated carbocycles. The molecule has 0 aliphatic carbocycles. The fraction of sp³-hybridized carbons (Fsp3) is 0.348. The highest BCUT2D eigenvalue weighted by molar-refractivity contribution is 6.27. The highest BCUT2D eigenvalue weighted by Gasteiger charge is 2.34. The molecular weight excluding hydrogens is 386 g/mol. The molecule has 1 amide bonds. The highest BCUT2D eigenvalue weighted by Crippen LogP contribution is 2.39. The molecule has 1 fully saturated rings. The molecule has 5 rings (SSSR count). The first kappa shape index (κ1) is 18.5. The van der Waals surface area contributed by atoms with Crippen molar-refractivity contribution in [2.45, 2.75) is 12.5 Å². The van der Waals surface area contributed by atoms with Crippen molar-refractivity contribution < 1.29 is 9.53 Å². The topological polar surface area (TPSA) is 48.6 Å². The molecule has 5 nitrogen and oxygen atoms in total. The summed E-state index contributed by atoms with van der Waals surface area (Å²) in [5.74, 6) is -0.0315. The minimum Gasteiger partial charge on any atom is -0.378 e. The highest BCUT2D eigenvalue weighted by atomic mass is 35.5. The molecule has 29 heavy (non-hydrogen) atoms. The van der Waals surface area contributed by atoms with Crippen LogP contribution in [0.15, 0.2) is 48.5 Å². The lowest BCUT2D eigenvalue weighted by Gasteiger charge is -2.36. The fourth-order valence-electron chi connectivity index (χ4n) is 4.62. The van der Waals surface area contributed by atoms with Gasteiger partial charge in [0.2, 0.25) is 5.91 Å². The number of hydrogen-bond acceptors (Lipinski definition) is 3.